The van der Waals surface area contributed by atoms with Crippen molar-refractivity contribution >= 4 is 5.69 Å². The number of hydrogen-bond acceptors (Lipinski definition) is 4. The van der Waals surface area contributed by atoms with E-state index in [0.717, 1.165) is 38.2 Å². The standard InChI is InChI=1S/C13H19N3O2/c14-9-12-6-8-15(10-12)7-5-11-1-3-13(4-2-11)16(17)18/h1-4,12H,5-10,14H2. The van der Waals surface area contributed by atoms with Gasteiger partial charge in [-0.2, -0.15) is 0 Å². The minimum absolute atomic E-state index is 0.156. The van der Waals surface area contributed by atoms with Crippen LogP contribution in [0.1, 0.15) is 12.0 Å². The molecule has 1 aliphatic heterocycles. The third-order valence-electron chi connectivity index (χ3n) is 3.57. The lowest BCUT2D eigenvalue weighted by Gasteiger charge is -2.15. The molecule has 1 unspecified atom stereocenters. The van der Waals surface area contributed by atoms with E-state index in [1.165, 1.54) is 6.42 Å². The molecule has 5 nitrogen and oxygen atoms in total. The van der Waals surface area contributed by atoms with Crippen LogP contribution in [0.2, 0.25) is 0 Å². The van der Waals surface area contributed by atoms with E-state index in [0.29, 0.717) is 5.92 Å². The molecular formula is C13H19N3O2. The Hall–Kier alpha value is -1.46. The number of nitro groups is 1. The van der Waals surface area contributed by atoms with E-state index in [1.54, 1.807) is 12.1 Å². The van der Waals surface area contributed by atoms with E-state index in [4.69, 9.17) is 5.73 Å². The average molecular weight is 249 g/mol. The Bertz CT molecular complexity index is 405. The molecule has 0 bridgehead atoms. The highest BCUT2D eigenvalue weighted by Gasteiger charge is 2.20. The molecule has 1 heterocycles. The molecule has 0 radical (unpaired) electrons. The Balaban J connectivity index is 1.82. The van der Waals surface area contributed by atoms with Crippen LogP contribution in [-0.4, -0.2) is 36.0 Å². The maximum absolute atomic E-state index is 10.5. The van der Waals surface area contributed by atoms with Crippen molar-refractivity contribution in [2.75, 3.05) is 26.2 Å². The van der Waals surface area contributed by atoms with Gasteiger partial charge in [-0.05, 0) is 37.4 Å². The summed E-state index contributed by atoms with van der Waals surface area (Å²) in [4.78, 5) is 12.6. The summed E-state index contributed by atoms with van der Waals surface area (Å²) in [5, 5.41) is 10.5. The van der Waals surface area contributed by atoms with E-state index < -0.39 is 0 Å². The van der Waals surface area contributed by atoms with Gasteiger partial charge in [-0.3, -0.25) is 10.1 Å². The summed E-state index contributed by atoms with van der Waals surface area (Å²) in [5.41, 5.74) is 6.96. The van der Waals surface area contributed by atoms with Gasteiger partial charge in [-0.1, -0.05) is 12.1 Å². The first kappa shape index (κ1) is 13.0. The van der Waals surface area contributed by atoms with Crippen LogP contribution in [-0.2, 0) is 6.42 Å². The Labute approximate surface area is 107 Å². The predicted octanol–water partition coefficient (Wildman–Crippen LogP) is 1.42. The molecule has 1 aliphatic rings. The lowest BCUT2D eigenvalue weighted by atomic mass is 10.1. The van der Waals surface area contributed by atoms with E-state index in [2.05, 4.69) is 4.90 Å². The lowest BCUT2D eigenvalue weighted by molar-refractivity contribution is -0.384. The Morgan fingerprint density at radius 3 is 2.67 bits per heavy atom. The molecule has 2 rings (SSSR count). The number of nitrogens with zero attached hydrogens (tertiary/aromatic N) is 2. The van der Waals surface area contributed by atoms with Gasteiger partial charge in [0, 0.05) is 25.2 Å². The van der Waals surface area contributed by atoms with Gasteiger partial charge < -0.3 is 10.6 Å². The molecule has 18 heavy (non-hydrogen) atoms. The monoisotopic (exact) mass is 249 g/mol. The molecule has 1 aromatic rings. The van der Waals surface area contributed by atoms with Crippen molar-refractivity contribution < 1.29 is 4.92 Å². The van der Waals surface area contributed by atoms with E-state index in [9.17, 15) is 10.1 Å². The number of likely N-dealkylation sites (tertiary alicyclic amines) is 1. The highest BCUT2D eigenvalue weighted by atomic mass is 16.6. The summed E-state index contributed by atoms with van der Waals surface area (Å²) >= 11 is 0. The molecule has 1 atom stereocenters. The van der Waals surface area contributed by atoms with Crippen LogP contribution in [0, 0.1) is 16.0 Å². The van der Waals surface area contributed by atoms with E-state index in [1.807, 2.05) is 12.1 Å². The highest BCUT2D eigenvalue weighted by Crippen LogP contribution is 2.16. The summed E-state index contributed by atoms with van der Waals surface area (Å²) in [6, 6.07) is 6.83. The normalized spacial score (nSPS) is 20.2. The van der Waals surface area contributed by atoms with Crippen LogP contribution in [0.5, 0.6) is 0 Å². The number of nitrogens with two attached hydrogens (primary N) is 1. The molecule has 0 aliphatic carbocycles. The van der Waals surface area contributed by atoms with Crippen LogP contribution in [0.25, 0.3) is 0 Å². The van der Waals surface area contributed by atoms with Gasteiger partial charge in [0.05, 0.1) is 4.92 Å². The average Bonchev–Trinajstić information content (AvgIpc) is 2.85. The minimum Gasteiger partial charge on any atom is -0.330 e. The summed E-state index contributed by atoms with van der Waals surface area (Å²) in [6.07, 6.45) is 2.13. The van der Waals surface area contributed by atoms with Crippen molar-refractivity contribution in [3.63, 3.8) is 0 Å². The topological polar surface area (TPSA) is 72.4 Å². The summed E-state index contributed by atoms with van der Waals surface area (Å²) in [7, 11) is 0. The SMILES string of the molecule is NCC1CCN(CCc2ccc([N+](=O)[O-])cc2)C1. The second-order valence-corrected chi connectivity index (χ2v) is 4.86. The van der Waals surface area contributed by atoms with Gasteiger partial charge in [0.25, 0.3) is 5.69 Å². The summed E-state index contributed by atoms with van der Waals surface area (Å²) in [6.45, 7) is 3.99. The molecular weight excluding hydrogens is 230 g/mol. The summed E-state index contributed by atoms with van der Waals surface area (Å²) in [5.74, 6) is 0.641. The fourth-order valence-corrected chi connectivity index (χ4v) is 2.38. The van der Waals surface area contributed by atoms with Gasteiger partial charge in [0.2, 0.25) is 0 Å². The maximum atomic E-state index is 10.5. The molecule has 98 valence electrons. The number of rotatable bonds is 5. The van der Waals surface area contributed by atoms with Crippen molar-refractivity contribution in [2.24, 2.45) is 11.7 Å². The van der Waals surface area contributed by atoms with Crippen LogP contribution in [0.4, 0.5) is 5.69 Å². The molecule has 0 spiro atoms. The molecule has 0 saturated carbocycles. The fraction of sp³-hybridized carbons (Fsp3) is 0.538. The first-order valence-corrected chi connectivity index (χ1v) is 6.35. The van der Waals surface area contributed by atoms with Crippen LogP contribution in [0.15, 0.2) is 24.3 Å². The van der Waals surface area contributed by atoms with Crippen molar-refractivity contribution in [1.82, 2.24) is 4.90 Å². The smallest absolute Gasteiger partial charge is 0.269 e. The van der Waals surface area contributed by atoms with E-state index in [-0.39, 0.29) is 10.6 Å². The molecule has 2 N–H and O–H groups in total. The van der Waals surface area contributed by atoms with Gasteiger partial charge in [-0.25, -0.2) is 0 Å². The Morgan fingerprint density at radius 1 is 1.39 bits per heavy atom. The van der Waals surface area contributed by atoms with Gasteiger partial charge in [0.15, 0.2) is 0 Å². The van der Waals surface area contributed by atoms with Crippen molar-refractivity contribution in [1.29, 1.82) is 0 Å². The van der Waals surface area contributed by atoms with Crippen LogP contribution < -0.4 is 5.73 Å². The van der Waals surface area contributed by atoms with Crippen LogP contribution in [0.3, 0.4) is 0 Å². The molecule has 1 saturated heterocycles. The van der Waals surface area contributed by atoms with Crippen molar-refractivity contribution in [3.05, 3.63) is 39.9 Å². The number of benzene rings is 1. The third-order valence-corrected chi connectivity index (χ3v) is 3.57. The van der Waals surface area contributed by atoms with Gasteiger partial charge in [-0.15, -0.1) is 0 Å². The quantitative estimate of drug-likeness (QED) is 0.632. The molecule has 1 fully saturated rings. The Kier molecular flexibility index (Phi) is 4.28. The van der Waals surface area contributed by atoms with Gasteiger partial charge >= 0.3 is 0 Å². The molecule has 0 aromatic heterocycles. The second-order valence-electron chi connectivity index (χ2n) is 4.86. The van der Waals surface area contributed by atoms with Crippen molar-refractivity contribution in [3.8, 4) is 0 Å². The van der Waals surface area contributed by atoms with Crippen molar-refractivity contribution in [2.45, 2.75) is 12.8 Å². The van der Waals surface area contributed by atoms with Crippen LogP contribution >= 0.6 is 0 Å². The largest absolute Gasteiger partial charge is 0.330 e. The third kappa shape index (κ3) is 3.27. The fourth-order valence-electron chi connectivity index (χ4n) is 2.38. The predicted molar refractivity (Wildman–Crippen MR) is 70.4 cm³/mol. The zero-order chi connectivity index (χ0) is 13.0. The molecule has 1 aromatic carbocycles. The number of non-ortho nitro benzene ring substituents is 1. The highest BCUT2D eigenvalue weighted by molar-refractivity contribution is 5.32. The molecule has 5 heteroatoms. The van der Waals surface area contributed by atoms with E-state index >= 15 is 0 Å². The number of nitro benzene ring substituents is 1. The first-order valence-electron chi connectivity index (χ1n) is 6.35. The maximum Gasteiger partial charge on any atom is 0.269 e. The zero-order valence-corrected chi connectivity index (χ0v) is 10.4. The lowest BCUT2D eigenvalue weighted by Crippen LogP contribution is -2.25. The summed E-state index contributed by atoms with van der Waals surface area (Å²) < 4.78 is 0. The Morgan fingerprint density at radius 2 is 2.11 bits per heavy atom. The number of hydrogen-bond donors (Lipinski definition) is 1. The van der Waals surface area contributed by atoms with Gasteiger partial charge in [0.1, 0.15) is 0 Å². The molecule has 0 amide bonds. The zero-order valence-electron chi connectivity index (χ0n) is 10.4. The second kappa shape index (κ2) is 5.93. The minimum atomic E-state index is -0.365. The first-order chi connectivity index (χ1) is 8.69.